The van der Waals surface area contributed by atoms with E-state index < -0.39 is 23.1 Å². The topological polar surface area (TPSA) is 68.0 Å². The lowest BCUT2D eigenvalue weighted by Crippen LogP contribution is -2.16. The van der Waals surface area contributed by atoms with Crippen LogP contribution in [-0.4, -0.2) is 16.1 Å². The van der Waals surface area contributed by atoms with Crippen molar-refractivity contribution >= 4 is 23.3 Å². The number of amides is 1. The number of hydrogen-bond acceptors (Lipinski definition) is 5. The Morgan fingerprint density at radius 1 is 1.19 bits per heavy atom. The van der Waals surface area contributed by atoms with Gasteiger partial charge in [0.2, 0.25) is 0 Å². The number of hydrogen-bond donors (Lipinski definition) is 1. The van der Waals surface area contributed by atoms with Gasteiger partial charge in [0, 0.05) is 10.9 Å². The van der Waals surface area contributed by atoms with Gasteiger partial charge in [0.15, 0.2) is 0 Å². The smallest absolute Gasteiger partial charge is 0.322 e. The maximum absolute atomic E-state index is 13.5. The minimum Gasteiger partial charge on any atom is -0.403 e. The van der Waals surface area contributed by atoms with Crippen molar-refractivity contribution in [3.63, 3.8) is 0 Å². The molecule has 0 aliphatic carbocycles. The predicted molar refractivity (Wildman–Crippen MR) is 71.9 cm³/mol. The summed E-state index contributed by atoms with van der Waals surface area (Å²) in [5, 5.41) is 13.1. The van der Waals surface area contributed by atoms with E-state index >= 15 is 0 Å². The number of thiophene rings is 1. The number of nitrogens with zero attached hydrogens (tertiary/aromatic N) is 2. The number of rotatable bonds is 3. The van der Waals surface area contributed by atoms with Gasteiger partial charge in [-0.15, -0.1) is 5.10 Å². The van der Waals surface area contributed by atoms with Crippen molar-refractivity contribution in [3.8, 4) is 11.5 Å². The maximum atomic E-state index is 13.5. The van der Waals surface area contributed by atoms with Crippen LogP contribution in [0.5, 0.6) is 0 Å². The molecule has 21 heavy (non-hydrogen) atoms. The normalized spacial score (nSPS) is 10.6. The van der Waals surface area contributed by atoms with Crippen molar-refractivity contribution in [2.24, 2.45) is 0 Å². The highest BCUT2D eigenvalue weighted by Gasteiger charge is 2.19. The lowest BCUT2D eigenvalue weighted by atomic mass is 10.2. The van der Waals surface area contributed by atoms with Gasteiger partial charge in [0.05, 0.1) is 0 Å². The molecule has 2 aromatic heterocycles. The van der Waals surface area contributed by atoms with E-state index in [2.05, 4.69) is 15.5 Å². The fraction of sp³-hybridized carbons (Fsp3) is 0. The van der Waals surface area contributed by atoms with Gasteiger partial charge >= 0.3 is 6.01 Å². The second-order valence-corrected chi connectivity index (χ2v) is 4.76. The molecule has 0 saturated heterocycles. The van der Waals surface area contributed by atoms with Gasteiger partial charge in [-0.25, -0.2) is 8.78 Å². The fourth-order valence-electron chi connectivity index (χ4n) is 1.65. The summed E-state index contributed by atoms with van der Waals surface area (Å²) >= 11 is 1.44. The van der Waals surface area contributed by atoms with Crippen LogP contribution in [0.4, 0.5) is 14.8 Å². The first kappa shape index (κ1) is 13.4. The summed E-state index contributed by atoms with van der Waals surface area (Å²) in [6.45, 7) is 0. The quantitative estimate of drug-likeness (QED) is 0.806. The standard InChI is InChI=1S/C13H7F2N3O2S/c14-8-2-1-3-9(15)10(8)11(19)16-13-18-17-12(20-13)7-4-5-21-6-7/h1-6H,(H,16,18,19). The molecule has 0 spiro atoms. The molecular formula is C13H7F2N3O2S. The third-order valence-corrected chi connectivity index (χ3v) is 3.29. The number of anilines is 1. The molecule has 3 rings (SSSR count). The predicted octanol–water partition coefficient (Wildman–Crippen LogP) is 3.33. The van der Waals surface area contributed by atoms with Crippen LogP contribution in [0, 0.1) is 11.6 Å². The van der Waals surface area contributed by atoms with E-state index in [1.54, 1.807) is 11.4 Å². The van der Waals surface area contributed by atoms with Gasteiger partial charge in [-0.05, 0) is 23.6 Å². The molecule has 0 bridgehead atoms. The van der Waals surface area contributed by atoms with E-state index in [4.69, 9.17) is 4.42 Å². The Bertz CT molecular complexity index is 766. The SMILES string of the molecule is O=C(Nc1nnc(-c2ccsc2)o1)c1c(F)cccc1F. The highest BCUT2D eigenvalue weighted by atomic mass is 32.1. The first-order valence-electron chi connectivity index (χ1n) is 5.76. The van der Waals surface area contributed by atoms with Crippen molar-refractivity contribution in [2.75, 3.05) is 5.32 Å². The minimum absolute atomic E-state index is 0.209. The molecule has 0 atom stereocenters. The van der Waals surface area contributed by atoms with Crippen molar-refractivity contribution < 1.29 is 18.0 Å². The highest BCUT2D eigenvalue weighted by molar-refractivity contribution is 7.08. The van der Waals surface area contributed by atoms with Gasteiger partial charge in [0.1, 0.15) is 17.2 Å². The Hall–Kier alpha value is -2.61. The van der Waals surface area contributed by atoms with E-state index in [1.807, 2.05) is 5.38 Å². The highest BCUT2D eigenvalue weighted by Crippen LogP contribution is 2.22. The minimum atomic E-state index is -0.994. The monoisotopic (exact) mass is 307 g/mol. The van der Waals surface area contributed by atoms with Crippen molar-refractivity contribution in [2.45, 2.75) is 0 Å². The molecule has 8 heteroatoms. The molecule has 0 unspecified atom stereocenters. The van der Waals surface area contributed by atoms with Crippen molar-refractivity contribution in [1.29, 1.82) is 0 Å². The van der Waals surface area contributed by atoms with Gasteiger partial charge in [-0.2, -0.15) is 11.3 Å². The van der Waals surface area contributed by atoms with Crippen LogP contribution in [-0.2, 0) is 0 Å². The Morgan fingerprint density at radius 3 is 2.62 bits per heavy atom. The second-order valence-electron chi connectivity index (χ2n) is 3.98. The average Bonchev–Trinajstić information content (AvgIpc) is 3.08. The van der Waals surface area contributed by atoms with E-state index in [-0.39, 0.29) is 11.9 Å². The summed E-state index contributed by atoms with van der Waals surface area (Å²) in [5.41, 5.74) is -0.00199. The number of aromatic nitrogens is 2. The van der Waals surface area contributed by atoms with Gasteiger partial charge in [-0.1, -0.05) is 11.2 Å². The van der Waals surface area contributed by atoms with Crippen LogP contribution in [0.2, 0.25) is 0 Å². The van der Waals surface area contributed by atoms with Crippen molar-refractivity contribution in [3.05, 3.63) is 52.2 Å². The third kappa shape index (κ3) is 2.65. The molecule has 1 aromatic carbocycles. The van der Waals surface area contributed by atoms with Crippen LogP contribution < -0.4 is 5.32 Å². The first-order valence-corrected chi connectivity index (χ1v) is 6.71. The number of carbonyl (C=O) groups excluding carboxylic acids is 1. The zero-order valence-electron chi connectivity index (χ0n) is 10.3. The fourth-order valence-corrected chi connectivity index (χ4v) is 2.28. The van der Waals surface area contributed by atoms with Crippen LogP contribution in [0.15, 0.2) is 39.4 Å². The Balaban J connectivity index is 1.82. The van der Waals surface area contributed by atoms with Gasteiger partial charge in [0.25, 0.3) is 11.8 Å². The van der Waals surface area contributed by atoms with Crippen LogP contribution >= 0.6 is 11.3 Å². The largest absolute Gasteiger partial charge is 0.403 e. The number of carbonyl (C=O) groups is 1. The Kier molecular flexibility index (Phi) is 3.44. The molecule has 2 heterocycles. The second kappa shape index (κ2) is 5.41. The first-order chi connectivity index (χ1) is 10.1. The lowest BCUT2D eigenvalue weighted by molar-refractivity contribution is 0.101. The molecule has 0 aliphatic rings. The molecule has 0 fully saturated rings. The summed E-state index contributed by atoms with van der Waals surface area (Å²) in [5.74, 6) is -2.72. The van der Waals surface area contributed by atoms with E-state index in [0.29, 0.717) is 5.56 Å². The van der Waals surface area contributed by atoms with E-state index in [9.17, 15) is 13.6 Å². The molecule has 1 amide bonds. The lowest BCUT2D eigenvalue weighted by Gasteiger charge is -2.03. The zero-order valence-corrected chi connectivity index (χ0v) is 11.2. The summed E-state index contributed by atoms with van der Waals surface area (Å²) in [4.78, 5) is 11.8. The Labute approximate surface area is 121 Å². The van der Waals surface area contributed by atoms with E-state index in [1.165, 1.54) is 17.4 Å². The summed E-state index contributed by atoms with van der Waals surface area (Å²) in [7, 11) is 0. The van der Waals surface area contributed by atoms with Crippen LogP contribution in [0.3, 0.4) is 0 Å². The molecule has 5 nitrogen and oxygen atoms in total. The number of halogens is 2. The van der Waals surface area contributed by atoms with Crippen molar-refractivity contribution in [1.82, 2.24) is 10.2 Å². The maximum Gasteiger partial charge on any atom is 0.322 e. The van der Waals surface area contributed by atoms with Crippen LogP contribution in [0.1, 0.15) is 10.4 Å². The summed E-state index contributed by atoms with van der Waals surface area (Å²) in [6, 6.07) is 4.68. The molecule has 0 aliphatic heterocycles. The molecule has 0 radical (unpaired) electrons. The molecular weight excluding hydrogens is 300 g/mol. The molecule has 3 aromatic rings. The van der Waals surface area contributed by atoms with Crippen LogP contribution in [0.25, 0.3) is 11.5 Å². The number of benzene rings is 1. The Morgan fingerprint density at radius 2 is 1.95 bits per heavy atom. The average molecular weight is 307 g/mol. The zero-order chi connectivity index (χ0) is 14.8. The molecule has 0 saturated carbocycles. The number of nitrogens with one attached hydrogen (secondary N) is 1. The molecule has 106 valence electrons. The third-order valence-electron chi connectivity index (χ3n) is 2.60. The summed E-state index contributed by atoms with van der Waals surface area (Å²) in [6.07, 6.45) is 0. The molecule has 1 N–H and O–H groups in total. The van der Waals surface area contributed by atoms with E-state index in [0.717, 1.165) is 12.1 Å². The van der Waals surface area contributed by atoms with Gasteiger partial charge < -0.3 is 4.42 Å². The summed E-state index contributed by atoms with van der Waals surface area (Å²) < 4.78 is 32.1. The van der Waals surface area contributed by atoms with Gasteiger partial charge in [-0.3, -0.25) is 10.1 Å².